The van der Waals surface area contributed by atoms with Crippen LogP contribution in [0.1, 0.15) is 28.8 Å². The van der Waals surface area contributed by atoms with Crippen molar-refractivity contribution in [1.82, 2.24) is 15.6 Å². The van der Waals surface area contributed by atoms with E-state index in [1.54, 1.807) is 6.92 Å². The molecule has 1 aromatic heterocycles. The van der Waals surface area contributed by atoms with Crippen LogP contribution in [0.25, 0.3) is 0 Å². The van der Waals surface area contributed by atoms with Gasteiger partial charge in [-0.2, -0.15) is 0 Å². The molecule has 1 aromatic rings. The summed E-state index contributed by atoms with van der Waals surface area (Å²) < 4.78 is 0. The molecule has 1 heterocycles. The highest BCUT2D eigenvalue weighted by Gasteiger charge is 2.10. The molecule has 0 aliphatic heterocycles. The third kappa shape index (κ3) is 4.43. The molecule has 0 aliphatic rings. The molecule has 0 aliphatic carbocycles. The zero-order valence-corrected chi connectivity index (χ0v) is 10.6. The molecule has 3 N–H and O–H groups in total. The Morgan fingerprint density at radius 3 is 2.94 bits per heavy atom. The van der Waals surface area contributed by atoms with Crippen LogP contribution in [0.3, 0.4) is 0 Å². The summed E-state index contributed by atoms with van der Waals surface area (Å²) in [4.78, 5) is 25.8. The maximum atomic E-state index is 11.4. The lowest BCUT2D eigenvalue weighted by molar-refractivity contribution is 0.0691. The zero-order valence-electron chi connectivity index (χ0n) is 9.77. The second kappa shape index (κ2) is 6.61. The molecule has 0 saturated carbocycles. The van der Waals surface area contributed by atoms with Gasteiger partial charge in [-0.25, -0.2) is 14.6 Å². The zero-order chi connectivity index (χ0) is 13.5. The fourth-order valence-electron chi connectivity index (χ4n) is 1.15. The van der Waals surface area contributed by atoms with Gasteiger partial charge in [0.05, 0.1) is 6.54 Å². The third-order valence-electron chi connectivity index (χ3n) is 1.97. The minimum Gasteiger partial charge on any atom is -0.476 e. The first-order valence-corrected chi connectivity index (χ1v) is 6.06. The smallest absolute Gasteiger partial charge is 0.355 e. The second-order valence-corrected chi connectivity index (χ2v) is 4.51. The molecular formula is C11H13N3O3S. The maximum Gasteiger partial charge on any atom is 0.355 e. The van der Waals surface area contributed by atoms with Crippen molar-refractivity contribution in [2.45, 2.75) is 25.9 Å². The Labute approximate surface area is 108 Å². The van der Waals surface area contributed by atoms with Crippen LogP contribution < -0.4 is 10.6 Å². The molecule has 18 heavy (non-hydrogen) atoms. The van der Waals surface area contributed by atoms with E-state index in [-0.39, 0.29) is 24.3 Å². The highest BCUT2D eigenvalue weighted by Crippen LogP contribution is 2.09. The fourth-order valence-corrected chi connectivity index (χ4v) is 1.86. The van der Waals surface area contributed by atoms with Gasteiger partial charge in [-0.05, 0) is 6.92 Å². The van der Waals surface area contributed by atoms with Gasteiger partial charge in [-0.3, -0.25) is 0 Å². The van der Waals surface area contributed by atoms with Crippen molar-refractivity contribution in [3.63, 3.8) is 0 Å². The van der Waals surface area contributed by atoms with Crippen molar-refractivity contribution < 1.29 is 14.7 Å². The predicted octanol–water partition coefficient (Wildman–Crippen LogP) is 1.05. The molecule has 0 saturated heterocycles. The number of carbonyl (C=O) groups is 2. The number of nitrogens with zero attached hydrogens (tertiary/aromatic N) is 1. The van der Waals surface area contributed by atoms with Gasteiger partial charge in [0.15, 0.2) is 5.69 Å². The van der Waals surface area contributed by atoms with E-state index in [0.717, 1.165) is 0 Å². The Balaban J connectivity index is 2.38. The molecule has 1 atom stereocenters. The second-order valence-electron chi connectivity index (χ2n) is 3.57. The quantitative estimate of drug-likeness (QED) is 0.695. The Morgan fingerprint density at radius 2 is 2.39 bits per heavy atom. The molecule has 1 unspecified atom stereocenters. The van der Waals surface area contributed by atoms with Crippen LogP contribution in [0.5, 0.6) is 0 Å². The van der Waals surface area contributed by atoms with Gasteiger partial charge in [0.1, 0.15) is 5.01 Å². The lowest BCUT2D eigenvalue weighted by Crippen LogP contribution is -2.40. The van der Waals surface area contributed by atoms with Crippen molar-refractivity contribution in [3.8, 4) is 12.3 Å². The lowest BCUT2D eigenvalue weighted by Gasteiger charge is -2.11. The molecule has 6 nitrogen and oxygen atoms in total. The van der Waals surface area contributed by atoms with Crippen LogP contribution in [0, 0.1) is 12.3 Å². The summed E-state index contributed by atoms with van der Waals surface area (Å²) in [5.41, 5.74) is -0.0158. The van der Waals surface area contributed by atoms with Crippen molar-refractivity contribution in [3.05, 3.63) is 16.1 Å². The summed E-state index contributed by atoms with van der Waals surface area (Å²) >= 11 is 1.18. The highest BCUT2D eigenvalue weighted by atomic mass is 32.1. The minimum atomic E-state index is -1.08. The summed E-state index contributed by atoms with van der Waals surface area (Å²) in [5.74, 6) is 1.37. The van der Waals surface area contributed by atoms with Crippen LogP contribution in [0.2, 0.25) is 0 Å². The minimum absolute atomic E-state index is 0.0158. The molecule has 0 aromatic carbocycles. The van der Waals surface area contributed by atoms with Crippen molar-refractivity contribution in [1.29, 1.82) is 0 Å². The van der Waals surface area contributed by atoms with Crippen LogP contribution in [0.4, 0.5) is 4.79 Å². The largest absolute Gasteiger partial charge is 0.476 e. The van der Waals surface area contributed by atoms with Gasteiger partial charge < -0.3 is 15.7 Å². The maximum absolute atomic E-state index is 11.4. The van der Waals surface area contributed by atoms with Crippen LogP contribution in [-0.2, 0) is 6.54 Å². The number of amides is 2. The Kier molecular flexibility index (Phi) is 5.14. The van der Waals surface area contributed by atoms with E-state index in [1.165, 1.54) is 16.7 Å². The molecule has 0 fully saturated rings. The van der Waals surface area contributed by atoms with Crippen LogP contribution in [0.15, 0.2) is 5.38 Å². The van der Waals surface area contributed by atoms with Gasteiger partial charge in [0, 0.05) is 17.8 Å². The summed E-state index contributed by atoms with van der Waals surface area (Å²) in [5, 5.41) is 15.9. The van der Waals surface area contributed by atoms with Crippen LogP contribution in [-0.4, -0.2) is 28.1 Å². The Morgan fingerprint density at radius 1 is 1.67 bits per heavy atom. The predicted molar refractivity (Wildman–Crippen MR) is 67.4 cm³/mol. The standard InChI is InChI=1S/C11H13N3O3S/c1-3-4-7(2)13-11(17)12-5-9-14-8(6-18-9)10(15)16/h1,6-7H,4-5H2,2H3,(H,15,16)(H2,12,13,17). The molecule has 2 amide bonds. The van der Waals surface area contributed by atoms with Crippen molar-refractivity contribution in [2.75, 3.05) is 0 Å². The molecule has 1 rings (SSSR count). The molecule has 0 bridgehead atoms. The molecular weight excluding hydrogens is 254 g/mol. The van der Waals surface area contributed by atoms with Gasteiger partial charge >= 0.3 is 12.0 Å². The van der Waals surface area contributed by atoms with Crippen molar-refractivity contribution in [2.24, 2.45) is 0 Å². The number of rotatable bonds is 5. The molecule has 0 radical (unpaired) electrons. The number of aromatic nitrogens is 1. The summed E-state index contributed by atoms with van der Waals surface area (Å²) in [6, 6.07) is -0.467. The third-order valence-corrected chi connectivity index (χ3v) is 2.82. The van der Waals surface area contributed by atoms with E-state index in [2.05, 4.69) is 21.5 Å². The Bertz CT molecular complexity index is 478. The number of hydrogen-bond acceptors (Lipinski definition) is 4. The van der Waals surface area contributed by atoms with Gasteiger partial charge in [0.25, 0.3) is 0 Å². The van der Waals surface area contributed by atoms with E-state index < -0.39 is 5.97 Å². The van der Waals surface area contributed by atoms with E-state index in [4.69, 9.17) is 11.5 Å². The number of urea groups is 1. The molecule has 96 valence electrons. The number of terminal acetylenes is 1. The average molecular weight is 267 g/mol. The Hall–Kier alpha value is -2.07. The SMILES string of the molecule is C#CCC(C)NC(=O)NCc1nc(C(=O)O)cs1. The number of thiazole rings is 1. The average Bonchev–Trinajstić information content (AvgIpc) is 2.75. The summed E-state index contributed by atoms with van der Waals surface area (Å²) in [6.45, 7) is 1.98. The van der Waals surface area contributed by atoms with E-state index in [1.807, 2.05) is 0 Å². The van der Waals surface area contributed by atoms with Gasteiger partial charge in [-0.15, -0.1) is 23.7 Å². The molecule has 7 heteroatoms. The number of carbonyl (C=O) groups excluding carboxylic acids is 1. The first-order chi connectivity index (χ1) is 8.52. The highest BCUT2D eigenvalue weighted by molar-refractivity contribution is 7.09. The fraction of sp³-hybridized carbons (Fsp3) is 0.364. The van der Waals surface area contributed by atoms with Gasteiger partial charge in [-0.1, -0.05) is 0 Å². The lowest BCUT2D eigenvalue weighted by atomic mass is 10.2. The van der Waals surface area contributed by atoms with Crippen LogP contribution >= 0.6 is 11.3 Å². The van der Waals surface area contributed by atoms with E-state index in [9.17, 15) is 9.59 Å². The number of carboxylic acid groups (broad SMARTS) is 1. The topological polar surface area (TPSA) is 91.3 Å². The number of aromatic carboxylic acids is 1. The van der Waals surface area contributed by atoms with Gasteiger partial charge in [0.2, 0.25) is 0 Å². The van der Waals surface area contributed by atoms with E-state index in [0.29, 0.717) is 11.4 Å². The van der Waals surface area contributed by atoms with E-state index >= 15 is 0 Å². The number of hydrogen-bond donors (Lipinski definition) is 3. The number of nitrogens with one attached hydrogen (secondary N) is 2. The first-order valence-electron chi connectivity index (χ1n) is 5.18. The summed E-state index contributed by atoms with van der Waals surface area (Å²) in [7, 11) is 0. The number of carboxylic acids is 1. The summed E-state index contributed by atoms with van der Waals surface area (Å²) in [6.07, 6.45) is 5.57. The monoisotopic (exact) mass is 267 g/mol. The normalized spacial score (nSPS) is 11.3. The first kappa shape index (κ1) is 14.0. The molecule has 0 spiro atoms. The van der Waals surface area contributed by atoms with Crippen molar-refractivity contribution >= 4 is 23.3 Å².